The summed E-state index contributed by atoms with van der Waals surface area (Å²) in [6, 6.07) is 6.44. The van der Waals surface area contributed by atoms with E-state index in [1.54, 1.807) is 29.2 Å². The predicted octanol–water partition coefficient (Wildman–Crippen LogP) is 3.84. The van der Waals surface area contributed by atoms with Crippen molar-refractivity contribution in [3.8, 4) is 0 Å². The lowest BCUT2D eigenvalue weighted by atomic mass is 9.94. The Hall–Kier alpha value is -4.03. The third-order valence-electron chi connectivity index (χ3n) is 7.89. The number of anilines is 4. The Labute approximate surface area is 230 Å². The molecule has 3 amide bonds. The summed E-state index contributed by atoms with van der Waals surface area (Å²) < 4.78 is 29.7. The molecule has 0 spiro atoms. The molecule has 5 rings (SSSR count). The number of piperidine rings is 1. The minimum Gasteiger partial charge on any atom is -0.465 e. The molecule has 1 aliphatic carbocycles. The van der Waals surface area contributed by atoms with Crippen LogP contribution >= 0.6 is 0 Å². The van der Waals surface area contributed by atoms with Crippen LogP contribution in [0.1, 0.15) is 55.3 Å². The summed E-state index contributed by atoms with van der Waals surface area (Å²) in [5.41, 5.74) is 1.28. The Kier molecular flexibility index (Phi) is 7.72. The maximum atomic E-state index is 14.9. The fourth-order valence-corrected chi connectivity index (χ4v) is 5.60. The minimum absolute atomic E-state index is 0.0987. The maximum absolute atomic E-state index is 14.9. The SMILES string of the molecule is CN1C(=O)C(F)(F)CN(C2CCCCC2)c2nc(Nc3ccc(C(=O)NC4CCN(C(=O)O)CC4)cc3)ncc21. The van der Waals surface area contributed by atoms with Gasteiger partial charge < -0.3 is 30.4 Å². The smallest absolute Gasteiger partial charge is 0.407 e. The molecule has 214 valence electrons. The first-order valence-corrected chi connectivity index (χ1v) is 13.6. The third kappa shape index (κ3) is 5.77. The number of hydrogen-bond donors (Lipinski definition) is 3. The van der Waals surface area contributed by atoms with Crippen molar-refractivity contribution < 1.29 is 28.3 Å². The van der Waals surface area contributed by atoms with E-state index in [4.69, 9.17) is 5.11 Å². The number of carboxylic acid groups (broad SMARTS) is 1. The highest BCUT2D eigenvalue weighted by Gasteiger charge is 2.48. The van der Waals surface area contributed by atoms with E-state index in [1.165, 1.54) is 18.1 Å². The third-order valence-corrected chi connectivity index (χ3v) is 7.89. The zero-order chi connectivity index (χ0) is 28.4. The maximum Gasteiger partial charge on any atom is 0.407 e. The number of carbonyl (C=O) groups is 3. The number of likely N-dealkylation sites (tertiary alicyclic amines) is 1. The molecule has 0 atom stereocenters. The van der Waals surface area contributed by atoms with Gasteiger partial charge in [0.05, 0.1) is 12.7 Å². The van der Waals surface area contributed by atoms with Crippen molar-refractivity contribution in [3.63, 3.8) is 0 Å². The summed E-state index contributed by atoms with van der Waals surface area (Å²) >= 11 is 0. The normalized spacial score (nSPS) is 20.1. The number of hydrogen-bond acceptors (Lipinski definition) is 7. The standard InChI is InChI=1S/C27H33F2N7O4/c1-34-21-15-30-25(33-22(21)36(16-27(28,29)24(34)38)20-5-3-2-4-6-20)32-18-9-7-17(8-10-18)23(37)31-19-11-13-35(14-12-19)26(39)40/h7-10,15,19-20H,2-6,11-14,16H2,1H3,(H,31,37)(H,39,40)(H,30,32,33). The van der Waals surface area contributed by atoms with Gasteiger partial charge in [-0.15, -0.1) is 0 Å². The van der Waals surface area contributed by atoms with Crippen LogP contribution in [0.15, 0.2) is 30.5 Å². The lowest BCUT2D eigenvalue weighted by molar-refractivity contribution is -0.140. The Morgan fingerprint density at radius 2 is 1.73 bits per heavy atom. The number of rotatable bonds is 5. The largest absolute Gasteiger partial charge is 0.465 e. The van der Waals surface area contributed by atoms with Crippen LogP contribution in [0.25, 0.3) is 0 Å². The molecule has 3 aliphatic rings. The first kappa shape index (κ1) is 27.5. The average molecular weight is 558 g/mol. The number of amides is 3. The van der Waals surface area contributed by atoms with Crippen molar-refractivity contribution in [1.82, 2.24) is 20.2 Å². The Balaban J connectivity index is 1.30. The molecule has 0 unspecified atom stereocenters. The molecule has 0 bridgehead atoms. The Morgan fingerprint density at radius 3 is 2.38 bits per heavy atom. The first-order valence-electron chi connectivity index (χ1n) is 13.6. The molecule has 1 saturated carbocycles. The number of nitrogens with one attached hydrogen (secondary N) is 2. The molecule has 2 aromatic rings. The summed E-state index contributed by atoms with van der Waals surface area (Å²) in [7, 11) is 1.31. The van der Waals surface area contributed by atoms with E-state index >= 15 is 0 Å². The van der Waals surface area contributed by atoms with Crippen molar-refractivity contribution in [3.05, 3.63) is 36.0 Å². The van der Waals surface area contributed by atoms with Crippen molar-refractivity contribution in [2.75, 3.05) is 41.8 Å². The van der Waals surface area contributed by atoms with Crippen molar-refractivity contribution >= 4 is 41.0 Å². The van der Waals surface area contributed by atoms with E-state index in [2.05, 4.69) is 20.6 Å². The molecular weight excluding hydrogens is 524 g/mol. The Bertz CT molecular complexity index is 1260. The molecule has 2 fully saturated rings. The molecule has 1 aromatic heterocycles. The van der Waals surface area contributed by atoms with Crippen molar-refractivity contribution in [2.45, 2.75) is 63.0 Å². The second-order valence-electron chi connectivity index (χ2n) is 10.6. The topological polar surface area (TPSA) is 131 Å². The van der Waals surface area contributed by atoms with Gasteiger partial charge in [-0.3, -0.25) is 9.59 Å². The van der Waals surface area contributed by atoms with Crippen LogP contribution in [0.4, 0.5) is 36.7 Å². The number of fused-ring (bicyclic) bond motifs is 1. The summed E-state index contributed by atoms with van der Waals surface area (Å²) in [5.74, 6) is -4.60. The van der Waals surface area contributed by atoms with Gasteiger partial charge in [0.2, 0.25) is 5.95 Å². The van der Waals surface area contributed by atoms with Gasteiger partial charge in [0.15, 0.2) is 5.82 Å². The second-order valence-corrected chi connectivity index (χ2v) is 10.6. The number of benzene rings is 1. The van der Waals surface area contributed by atoms with Crippen LogP contribution in [0.3, 0.4) is 0 Å². The van der Waals surface area contributed by atoms with E-state index in [9.17, 15) is 23.2 Å². The van der Waals surface area contributed by atoms with Gasteiger partial charge >= 0.3 is 12.0 Å². The quantitative estimate of drug-likeness (QED) is 0.506. The zero-order valence-electron chi connectivity index (χ0n) is 22.3. The van der Waals surface area contributed by atoms with Gasteiger partial charge in [-0.2, -0.15) is 13.8 Å². The van der Waals surface area contributed by atoms with E-state index < -0.39 is 24.5 Å². The minimum atomic E-state index is -3.55. The monoisotopic (exact) mass is 557 g/mol. The predicted molar refractivity (Wildman–Crippen MR) is 144 cm³/mol. The zero-order valence-corrected chi connectivity index (χ0v) is 22.3. The van der Waals surface area contributed by atoms with Crippen LogP contribution in [0, 0.1) is 0 Å². The van der Waals surface area contributed by atoms with Crippen LogP contribution in [0.2, 0.25) is 0 Å². The lowest BCUT2D eigenvalue weighted by Crippen LogP contribution is -2.49. The molecule has 3 N–H and O–H groups in total. The van der Waals surface area contributed by atoms with Gasteiger partial charge in [-0.05, 0) is 49.9 Å². The highest BCUT2D eigenvalue weighted by Crippen LogP contribution is 2.39. The fraction of sp³-hybridized carbons (Fsp3) is 0.519. The van der Waals surface area contributed by atoms with Gasteiger partial charge in [0, 0.05) is 43.5 Å². The van der Waals surface area contributed by atoms with Crippen LogP contribution in [-0.4, -0.2) is 82.6 Å². The van der Waals surface area contributed by atoms with Crippen LogP contribution in [0.5, 0.6) is 0 Å². The molecule has 2 aliphatic heterocycles. The van der Waals surface area contributed by atoms with Gasteiger partial charge in [-0.1, -0.05) is 19.3 Å². The second kappa shape index (κ2) is 11.2. The fourth-order valence-electron chi connectivity index (χ4n) is 5.60. The Morgan fingerprint density at radius 1 is 1.05 bits per heavy atom. The molecule has 1 aromatic carbocycles. The van der Waals surface area contributed by atoms with E-state index in [-0.39, 0.29) is 29.6 Å². The highest BCUT2D eigenvalue weighted by molar-refractivity contribution is 6.02. The molecule has 1 saturated heterocycles. The lowest BCUT2D eigenvalue weighted by Gasteiger charge is -2.35. The van der Waals surface area contributed by atoms with E-state index in [1.807, 2.05) is 0 Å². The number of halogens is 2. The van der Waals surface area contributed by atoms with Crippen molar-refractivity contribution in [2.24, 2.45) is 0 Å². The van der Waals surface area contributed by atoms with Crippen LogP contribution in [-0.2, 0) is 4.79 Å². The first-order chi connectivity index (χ1) is 19.1. The molecule has 0 radical (unpaired) electrons. The molecule has 3 heterocycles. The van der Waals surface area contributed by atoms with Crippen LogP contribution < -0.4 is 20.4 Å². The van der Waals surface area contributed by atoms with E-state index in [0.717, 1.165) is 37.0 Å². The van der Waals surface area contributed by atoms with E-state index in [0.29, 0.717) is 43.0 Å². The number of nitrogens with zero attached hydrogens (tertiary/aromatic N) is 5. The van der Waals surface area contributed by atoms with Gasteiger partial charge in [0.1, 0.15) is 5.69 Å². The molecule has 40 heavy (non-hydrogen) atoms. The molecule has 13 heteroatoms. The highest BCUT2D eigenvalue weighted by atomic mass is 19.3. The average Bonchev–Trinajstić information content (AvgIpc) is 3.03. The summed E-state index contributed by atoms with van der Waals surface area (Å²) in [5, 5.41) is 15.1. The van der Waals surface area contributed by atoms with Crippen molar-refractivity contribution in [1.29, 1.82) is 0 Å². The molecule has 11 nitrogen and oxygen atoms in total. The summed E-state index contributed by atoms with van der Waals surface area (Å²) in [4.78, 5) is 49.0. The molecular formula is C27H33F2N7O4. The summed E-state index contributed by atoms with van der Waals surface area (Å²) in [6.45, 7) is 0.0246. The van der Waals surface area contributed by atoms with Gasteiger partial charge in [0.25, 0.3) is 11.8 Å². The van der Waals surface area contributed by atoms with Gasteiger partial charge in [-0.25, -0.2) is 9.78 Å². The number of alkyl halides is 2. The summed E-state index contributed by atoms with van der Waals surface area (Å²) in [6.07, 6.45) is 5.97. The number of carbonyl (C=O) groups excluding carboxylic acids is 2. The number of aromatic nitrogens is 2.